The van der Waals surface area contributed by atoms with Crippen LogP contribution in [0.2, 0.25) is 0 Å². The van der Waals surface area contributed by atoms with E-state index in [2.05, 4.69) is 22.9 Å². The molecular formula is C9H17BrO2S. The first-order chi connectivity index (χ1) is 6.12. The second-order valence-electron chi connectivity index (χ2n) is 2.99. The summed E-state index contributed by atoms with van der Waals surface area (Å²) in [5.41, 5.74) is 0. The minimum atomic E-state index is -2.98. The van der Waals surface area contributed by atoms with Gasteiger partial charge in [-0.1, -0.05) is 48.2 Å². The highest BCUT2D eigenvalue weighted by atomic mass is 79.9. The fourth-order valence-electron chi connectivity index (χ4n) is 0.940. The number of unbranched alkanes of at least 4 members (excludes halogenated alkanes) is 4. The number of sulfone groups is 1. The van der Waals surface area contributed by atoms with Gasteiger partial charge in [0.2, 0.25) is 0 Å². The van der Waals surface area contributed by atoms with Crippen LogP contribution in [0, 0.1) is 0 Å². The van der Waals surface area contributed by atoms with Crippen LogP contribution in [0.25, 0.3) is 0 Å². The molecule has 0 aromatic heterocycles. The first-order valence-electron chi connectivity index (χ1n) is 4.57. The largest absolute Gasteiger partial charge is 0.223 e. The standard InChI is InChI=1S/C9H17BrO2S/c1-2-3-4-5-6-7-8-13(11,12)9-10/h7-8H,2-6,9H2,1H3. The van der Waals surface area contributed by atoms with Crippen LogP contribution in [0.4, 0.5) is 0 Å². The van der Waals surface area contributed by atoms with Crippen LogP contribution in [-0.2, 0) is 9.84 Å². The predicted octanol–water partition coefficient (Wildman–Crippen LogP) is 3.24. The van der Waals surface area contributed by atoms with Crippen LogP contribution in [0.5, 0.6) is 0 Å². The maximum Gasteiger partial charge on any atom is 0.181 e. The van der Waals surface area contributed by atoms with Gasteiger partial charge in [-0.15, -0.1) is 0 Å². The molecule has 0 aromatic rings. The summed E-state index contributed by atoms with van der Waals surface area (Å²) >= 11 is 2.93. The number of hydrogen-bond donors (Lipinski definition) is 0. The summed E-state index contributed by atoms with van der Waals surface area (Å²) in [5.74, 6) is 0. The minimum Gasteiger partial charge on any atom is -0.223 e. The Kier molecular flexibility index (Phi) is 7.66. The molecule has 0 bridgehead atoms. The zero-order valence-corrected chi connectivity index (χ0v) is 10.4. The SMILES string of the molecule is CCCCCCC=CS(=O)(=O)CBr. The Balaban J connectivity index is 3.53. The molecule has 0 atom stereocenters. The quantitative estimate of drug-likeness (QED) is 0.525. The first kappa shape index (κ1) is 13.2. The number of halogens is 1. The first-order valence-corrected chi connectivity index (χ1v) is 7.41. The van der Waals surface area contributed by atoms with Gasteiger partial charge in [0.25, 0.3) is 0 Å². The van der Waals surface area contributed by atoms with Crippen LogP contribution in [-0.4, -0.2) is 13.1 Å². The van der Waals surface area contributed by atoms with E-state index in [0.29, 0.717) is 0 Å². The summed E-state index contributed by atoms with van der Waals surface area (Å²) in [6.45, 7) is 2.16. The van der Waals surface area contributed by atoms with Crippen molar-refractivity contribution in [3.05, 3.63) is 11.5 Å². The number of alkyl halides is 1. The smallest absolute Gasteiger partial charge is 0.181 e. The molecule has 0 saturated carbocycles. The van der Waals surface area contributed by atoms with Crippen molar-refractivity contribution in [1.82, 2.24) is 0 Å². The van der Waals surface area contributed by atoms with E-state index < -0.39 is 9.84 Å². The molecule has 0 heterocycles. The van der Waals surface area contributed by atoms with Crippen LogP contribution >= 0.6 is 15.9 Å². The van der Waals surface area contributed by atoms with Crippen molar-refractivity contribution in [1.29, 1.82) is 0 Å². The molecule has 0 aromatic carbocycles. The van der Waals surface area contributed by atoms with Crippen molar-refractivity contribution in [3.8, 4) is 0 Å². The fraction of sp³-hybridized carbons (Fsp3) is 0.778. The van der Waals surface area contributed by atoms with Crippen molar-refractivity contribution in [2.45, 2.75) is 39.0 Å². The molecule has 0 aliphatic rings. The van der Waals surface area contributed by atoms with Gasteiger partial charge < -0.3 is 0 Å². The molecule has 0 unspecified atom stereocenters. The Morgan fingerprint density at radius 3 is 2.46 bits per heavy atom. The monoisotopic (exact) mass is 268 g/mol. The Labute approximate surface area is 89.5 Å². The summed E-state index contributed by atoms with van der Waals surface area (Å²) in [6, 6.07) is 0. The summed E-state index contributed by atoms with van der Waals surface area (Å²) in [5, 5.41) is 1.30. The van der Waals surface area contributed by atoms with E-state index in [1.165, 1.54) is 24.7 Å². The van der Waals surface area contributed by atoms with E-state index in [0.717, 1.165) is 12.8 Å². The average molecular weight is 269 g/mol. The molecule has 2 nitrogen and oxygen atoms in total. The molecule has 4 heteroatoms. The molecule has 0 spiro atoms. The highest BCUT2D eigenvalue weighted by Crippen LogP contribution is 2.05. The van der Waals surface area contributed by atoms with E-state index in [4.69, 9.17) is 0 Å². The second kappa shape index (κ2) is 7.56. The molecule has 0 fully saturated rings. The van der Waals surface area contributed by atoms with Crippen LogP contribution < -0.4 is 0 Å². The average Bonchev–Trinajstić information content (AvgIpc) is 2.11. The Morgan fingerprint density at radius 1 is 1.23 bits per heavy atom. The Morgan fingerprint density at radius 2 is 1.92 bits per heavy atom. The zero-order valence-electron chi connectivity index (χ0n) is 8.00. The molecule has 0 radical (unpaired) electrons. The molecule has 0 saturated heterocycles. The third-order valence-electron chi connectivity index (χ3n) is 1.68. The van der Waals surface area contributed by atoms with Crippen molar-refractivity contribution in [2.75, 3.05) is 4.66 Å². The highest BCUT2D eigenvalue weighted by molar-refractivity contribution is 9.10. The lowest BCUT2D eigenvalue weighted by molar-refractivity contribution is 0.609. The van der Waals surface area contributed by atoms with Crippen LogP contribution in [0.3, 0.4) is 0 Å². The van der Waals surface area contributed by atoms with E-state index in [1.807, 2.05) is 0 Å². The van der Waals surface area contributed by atoms with Crippen molar-refractivity contribution < 1.29 is 8.42 Å². The van der Waals surface area contributed by atoms with Gasteiger partial charge in [-0.25, -0.2) is 8.42 Å². The lowest BCUT2D eigenvalue weighted by atomic mass is 10.2. The maximum absolute atomic E-state index is 11.0. The Hall–Kier alpha value is 0.170. The zero-order chi connectivity index (χ0) is 10.2. The van der Waals surface area contributed by atoms with Gasteiger partial charge in [-0.05, 0) is 12.8 Å². The van der Waals surface area contributed by atoms with Crippen molar-refractivity contribution >= 4 is 25.8 Å². The lowest BCUT2D eigenvalue weighted by Crippen LogP contribution is -1.93. The normalized spacial score (nSPS) is 12.5. The van der Waals surface area contributed by atoms with Gasteiger partial charge >= 0.3 is 0 Å². The molecule has 0 aliphatic heterocycles. The van der Waals surface area contributed by atoms with E-state index in [1.54, 1.807) is 6.08 Å². The highest BCUT2D eigenvalue weighted by Gasteiger charge is 1.99. The third-order valence-corrected chi connectivity index (χ3v) is 4.51. The minimum absolute atomic E-state index is 0.0193. The second-order valence-corrected chi connectivity index (χ2v) is 6.18. The summed E-state index contributed by atoms with van der Waals surface area (Å²) < 4.78 is 21.9. The third kappa shape index (κ3) is 8.50. The molecule has 0 amide bonds. The number of allylic oxidation sites excluding steroid dienone is 1. The molecular weight excluding hydrogens is 252 g/mol. The van der Waals surface area contributed by atoms with Gasteiger partial charge in [0.15, 0.2) is 9.84 Å². The number of rotatable bonds is 7. The van der Waals surface area contributed by atoms with Gasteiger partial charge in [0.05, 0.1) is 0 Å². The molecule has 0 N–H and O–H groups in total. The van der Waals surface area contributed by atoms with Gasteiger partial charge in [-0.3, -0.25) is 0 Å². The molecule has 0 aliphatic carbocycles. The van der Waals surface area contributed by atoms with Crippen LogP contribution in [0.1, 0.15) is 39.0 Å². The molecule has 13 heavy (non-hydrogen) atoms. The van der Waals surface area contributed by atoms with E-state index in [-0.39, 0.29) is 4.66 Å². The van der Waals surface area contributed by atoms with E-state index >= 15 is 0 Å². The Bertz CT molecular complexity index is 232. The predicted molar refractivity (Wildman–Crippen MR) is 60.6 cm³/mol. The number of hydrogen-bond acceptors (Lipinski definition) is 2. The van der Waals surface area contributed by atoms with Crippen molar-refractivity contribution in [2.24, 2.45) is 0 Å². The van der Waals surface area contributed by atoms with Gasteiger partial charge in [0.1, 0.15) is 4.66 Å². The topological polar surface area (TPSA) is 34.1 Å². The van der Waals surface area contributed by atoms with Crippen LogP contribution in [0.15, 0.2) is 11.5 Å². The lowest BCUT2D eigenvalue weighted by Gasteiger charge is -1.94. The molecule has 0 rings (SSSR count). The van der Waals surface area contributed by atoms with E-state index in [9.17, 15) is 8.42 Å². The van der Waals surface area contributed by atoms with Crippen molar-refractivity contribution in [3.63, 3.8) is 0 Å². The summed E-state index contributed by atoms with van der Waals surface area (Å²) in [4.78, 5) is 0. The summed E-state index contributed by atoms with van der Waals surface area (Å²) in [7, 11) is -2.98. The van der Waals surface area contributed by atoms with Gasteiger partial charge in [0, 0.05) is 5.41 Å². The van der Waals surface area contributed by atoms with Gasteiger partial charge in [-0.2, -0.15) is 0 Å². The molecule has 78 valence electrons. The summed E-state index contributed by atoms with van der Waals surface area (Å²) in [6.07, 6.45) is 7.33. The maximum atomic E-state index is 11.0. The fourth-order valence-corrected chi connectivity index (χ4v) is 1.90.